The van der Waals surface area contributed by atoms with E-state index in [0.29, 0.717) is 23.8 Å². The van der Waals surface area contributed by atoms with Gasteiger partial charge in [0.1, 0.15) is 11.6 Å². The van der Waals surface area contributed by atoms with Crippen LogP contribution in [0.25, 0.3) is 5.57 Å². The Morgan fingerprint density at radius 3 is 2.93 bits per heavy atom. The van der Waals surface area contributed by atoms with E-state index in [-0.39, 0.29) is 11.9 Å². The molecule has 28 heavy (non-hydrogen) atoms. The molecular formula is C21H26FN5O. The highest BCUT2D eigenvalue weighted by Crippen LogP contribution is 2.37. The van der Waals surface area contributed by atoms with Gasteiger partial charge in [0, 0.05) is 44.0 Å². The molecule has 0 radical (unpaired) electrons. The first kappa shape index (κ1) is 18.7. The summed E-state index contributed by atoms with van der Waals surface area (Å²) in [5.74, 6) is 1.04. The van der Waals surface area contributed by atoms with E-state index < -0.39 is 0 Å². The van der Waals surface area contributed by atoms with E-state index in [9.17, 15) is 4.39 Å². The Morgan fingerprint density at radius 2 is 2.14 bits per heavy atom. The van der Waals surface area contributed by atoms with Gasteiger partial charge < -0.3 is 20.3 Å². The summed E-state index contributed by atoms with van der Waals surface area (Å²) in [6.07, 6.45) is 2.51. The van der Waals surface area contributed by atoms with Crippen molar-refractivity contribution in [3.63, 3.8) is 0 Å². The largest absolute Gasteiger partial charge is 0.496 e. The summed E-state index contributed by atoms with van der Waals surface area (Å²) in [5.41, 5.74) is 3.26. The average molecular weight is 383 g/mol. The molecule has 6 nitrogen and oxygen atoms in total. The van der Waals surface area contributed by atoms with Crippen molar-refractivity contribution in [1.29, 1.82) is 0 Å². The van der Waals surface area contributed by atoms with Crippen LogP contribution in [0.4, 0.5) is 10.3 Å². The number of aryl methyl sites for hydroxylation is 1. The molecule has 4 rings (SSSR count). The predicted octanol–water partition coefficient (Wildman–Crippen LogP) is 2.81. The minimum absolute atomic E-state index is 0.0158. The Labute approximate surface area is 164 Å². The topological polar surface area (TPSA) is 62.3 Å². The molecule has 1 unspecified atom stereocenters. The van der Waals surface area contributed by atoms with E-state index >= 15 is 0 Å². The van der Waals surface area contributed by atoms with Gasteiger partial charge in [0.2, 0.25) is 5.95 Å². The van der Waals surface area contributed by atoms with Crippen molar-refractivity contribution in [2.45, 2.75) is 32.4 Å². The Balaban J connectivity index is 1.59. The third-order valence-corrected chi connectivity index (χ3v) is 5.38. The number of nitrogens with one attached hydrogen (secondary N) is 2. The van der Waals surface area contributed by atoms with Gasteiger partial charge in [-0.15, -0.1) is 0 Å². The number of methoxy groups -OCH3 is 1. The van der Waals surface area contributed by atoms with Crippen molar-refractivity contribution in [2.75, 3.05) is 31.6 Å². The third kappa shape index (κ3) is 3.54. The standard InChI is InChI=1S/C21H26FN5O/c1-13-9-18(26-21(25-13)27-8-7-23-11-14(27)2)17-10-15(12-24-17)20-16(22)5-4-6-19(20)28-3/h4-6,9,12,14,17,23-24H,7-8,10-11H2,1-3H3/t14-,17?/m1/s1. The molecular weight excluding hydrogens is 357 g/mol. The maximum Gasteiger partial charge on any atom is 0.226 e. The molecule has 3 heterocycles. The lowest BCUT2D eigenvalue weighted by molar-refractivity contribution is 0.409. The molecule has 0 saturated carbocycles. The van der Waals surface area contributed by atoms with E-state index in [1.54, 1.807) is 19.2 Å². The number of halogens is 1. The van der Waals surface area contributed by atoms with Crippen LogP contribution in [0.5, 0.6) is 5.75 Å². The number of benzene rings is 1. The van der Waals surface area contributed by atoms with Gasteiger partial charge in [-0.1, -0.05) is 6.07 Å². The second kappa shape index (κ2) is 7.75. The minimum atomic E-state index is -0.276. The van der Waals surface area contributed by atoms with Gasteiger partial charge in [-0.2, -0.15) is 0 Å². The van der Waals surface area contributed by atoms with Crippen LogP contribution in [-0.2, 0) is 0 Å². The quantitative estimate of drug-likeness (QED) is 0.847. The van der Waals surface area contributed by atoms with Crippen LogP contribution in [0.2, 0.25) is 0 Å². The number of nitrogens with zero attached hydrogens (tertiary/aromatic N) is 3. The van der Waals surface area contributed by atoms with Crippen LogP contribution >= 0.6 is 0 Å². The van der Waals surface area contributed by atoms with Crippen molar-refractivity contribution < 1.29 is 9.13 Å². The van der Waals surface area contributed by atoms with E-state index in [0.717, 1.165) is 42.5 Å². The Bertz CT molecular complexity index is 900. The molecule has 1 saturated heterocycles. The molecule has 1 fully saturated rings. The Kier molecular flexibility index (Phi) is 5.17. The first-order chi connectivity index (χ1) is 13.6. The summed E-state index contributed by atoms with van der Waals surface area (Å²) >= 11 is 0. The summed E-state index contributed by atoms with van der Waals surface area (Å²) in [7, 11) is 1.56. The van der Waals surface area contributed by atoms with Gasteiger partial charge >= 0.3 is 0 Å². The average Bonchev–Trinajstić information content (AvgIpc) is 3.17. The summed E-state index contributed by atoms with van der Waals surface area (Å²) in [5, 5.41) is 6.76. The smallest absolute Gasteiger partial charge is 0.226 e. The highest BCUT2D eigenvalue weighted by molar-refractivity contribution is 5.73. The first-order valence-corrected chi connectivity index (χ1v) is 9.67. The maximum absolute atomic E-state index is 14.4. The molecule has 0 amide bonds. The van der Waals surface area contributed by atoms with Crippen LogP contribution in [0.3, 0.4) is 0 Å². The van der Waals surface area contributed by atoms with Crippen molar-refractivity contribution >= 4 is 11.5 Å². The number of ether oxygens (including phenoxy) is 1. The van der Waals surface area contributed by atoms with E-state index in [1.807, 2.05) is 19.2 Å². The zero-order valence-electron chi connectivity index (χ0n) is 16.5. The number of aromatic nitrogens is 2. The number of anilines is 1. The lowest BCUT2D eigenvalue weighted by Gasteiger charge is -2.34. The zero-order chi connectivity index (χ0) is 19.7. The molecule has 0 aliphatic carbocycles. The monoisotopic (exact) mass is 383 g/mol. The second-order valence-electron chi connectivity index (χ2n) is 7.39. The molecule has 2 aliphatic heterocycles. The SMILES string of the molecule is COc1cccc(F)c1C1=CNC(c2cc(C)nc(N3CCNC[C@H]3C)n2)C1. The summed E-state index contributed by atoms with van der Waals surface area (Å²) in [6.45, 7) is 6.91. The van der Waals surface area contributed by atoms with Gasteiger partial charge in [-0.25, -0.2) is 14.4 Å². The lowest BCUT2D eigenvalue weighted by atomic mass is 9.99. The summed E-state index contributed by atoms with van der Waals surface area (Å²) in [4.78, 5) is 11.8. The molecule has 148 valence electrons. The minimum Gasteiger partial charge on any atom is -0.496 e. The van der Waals surface area contributed by atoms with Crippen molar-refractivity contribution in [1.82, 2.24) is 20.6 Å². The lowest BCUT2D eigenvalue weighted by Crippen LogP contribution is -2.50. The van der Waals surface area contributed by atoms with E-state index in [2.05, 4.69) is 27.4 Å². The normalized spacial score (nSPS) is 22.0. The van der Waals surface area contributed by atoms with Crippen molar-refractivity contribution in [3.05, 3.63) is 53.2 Å². The first-order valence-electron chi connectivity index (χ1n) is 9.67. The summed E-state index contributed by atoms with van der Waals surface area (Å²) in [6, 6.07) is 7.24. The Hall–Kier alpha value is -2.67. The number of hydrogen-bond donors (Lipinski definition) is 2. The van der Waals surface area contributed by atoms with Gasteiger partial charge in [0.05, 0.1) is 24.4 Å². The maximum atomic E-state index is 14.4. The fourth-order valence-electron chi connectivity index (χ4n) is 3.91. The highest BCUT2D eigenvalue weighted by atomic mass is 19.1. The van der Waals surface area contributed by atoms with E-state index in [4.69, 9.17) is 9.72 Å². The fraction of sp³-hybridized carbons (Fsp3) is 0.429. The van der Waals surface area contributed by atoms with Crippen LogP contribution in [0.1, 0.15) is 36.3 Å². The van der Waals surface area contributed by atoms with Crippen LogP contribution < -0.4 is 20.3 Å². The summed E-state index contributed by atoms with van der Waals surface area (Å²) < 4.78 is 19.8. The van der Waals surface area contributed by atoms with Crippen LogP contribution in [0, 0.1) is 12.7 Å². The molecule has 7 heteroatoms. The van der Waals surface area contributed by atoms with Crippen molar-refractivity contribution in [2.24, 2.45) is 0 Å². The molecule has 2 N–H and O–H groups in total. The highest BCUT2D eigenvalue weighted by Gasteiger charge is 2.27. The molecule has 1 aromatic heterocycles. The van der Waals surface area contributed by atoms with Gasteiger partial charge in [-0.3, -0.25) is 0 Å². The predicted molar refractivity (Wildman–Crippen MR) is 108 cm³/mol. The molecule has 1 aromatic carbocycles. The second-order valence-corrected chi connectivity index (χ2v) is 7.39. The molecule has 2 atom stereocenters. The molecule has 0 bridgehead atoms. The molecule has 2 aromatic rings. The van der Waals surface area contributed by atoms with Gasteiger partial charge in [-0.05, 0) is 37.6 Å². The van der Waals surface area contributed by atoms with Gasteiger partial charge in [0.15, 0.2) is 0 Å². The molecule has 2 aliphatic rings. The number of hydrogen-bond acceptors (Lipinski definition) is 6. The van der Waals surface area contributed by atoms with E-state index in [1.165, 1.54) is 6.07 Å². The molecule has 0 spiro atoms. The van der Waals surface area contributed by atoms with Crippen LogP contribution in [0.15, 0.2) is 30.5 Å². The number of rotatable bonds is 4. The third-order valence-electron chi connectivity index (χ3n) is 5.38. The number of piperazine rings is 1. The van der Waals surface area contributed by atoms with Crippen LogP contribution in [-0.4, -0.2) is 42.8 Å². The van der Waals surface area contributed by atoms with Crippen molar-refractivity contribution in [3.8, 4) is 5.75 Å². The van der Waals surface area contributed by atoms with Gasteiger partial charge in [0.25, 0.3) is 0 Å². The zero-order valence-corrected chi connectivity index (χ0v) is 16.5. The Morgan fingerprint density at radius 1 is 1.29 bits per heavy atom. The fourth-order valence-corrected chi connectivity index (χ4v) is 3.91.